The molecule has 0 aliphatic carbocycles. The molecule has 0 saturated heterocycles. The van der Waals surface area contributed by atoms with Crippen LogP contribution in [0.5, 0.6) is 0 Å². The lowest BCUT2D eigenvalue weighted by Gasteiger charge is -2.11. The van der Waals surface area contributed by atoms with Crippen LogP contribution in [-0.2, 0) is 0 Å². The molecular weight excluding hydrogens is 605 g/mol. The first-order valence-electron chi connectivity index (χ1n) is 20.1. The molecule has 0 amide bonds. The molecule has 2 nitrogen and oxygen atoms in total. The highest BCUT2D eigenvalue weighted by molar-refractivity contribution is 6.17. The SMILES string of the molecule is [2H]c1c([2H])c([2H])c2c(c1[2H])c1c([2H])c(-c3ccc4c(c3)c3c(-c5ccccc5)cccc3n4-c3cccc(-c4ccccc4)c3)c([2H])c([2H])c1n2-c1ccccc1. The maximum absolute atomic E-state index is 9.78. The Kier molecular flexibility index (Phi) is 5.08. The molecule has 0 spiro atoms. The highest BCUT2D eigenvalue weighted by Crippen LogP contribution is 2.41. The summed E-state index contributed by atoms with van der Waals surface area (Å²) >= 11 is 0. The van der Waals surface area contributed by atoms with Gasteiger partial charge in [0, 0.05) is 32.9 Å². The summed E-state index contributed by atoms with van der Waals surface area (Å²) in [4.78, 5) is 0. The summed E-state index contributed by atoms with van der Waals surface area (Å²) in [6, 6.07) is 48.4. The topological polar surface area (TPSA) is 9.86 Å². The van der Waals surface area contributed by atoms with E-state index in [-0.39, 0.29) is 57.6 Å². The third-order valence-electron chi connectivity index (χ3n) is 9.55. The smallest absolute Gasteiger partial charge is 0.0645 e. The average molecular weight is 644 g/mol. The van der Waals surface area contributed by atoms with Gasteiger partial charge in [-0.2, -0.15) is 0 Å². The number of aromatic nitrogens is 2. The Morgan fingerprint density at radius 1 is 0.360 bits per heavy atom. The number of benzene rings is 8. The fourth-order valence-electron chi connectivity index (χ4n) is 7.31. The van der Waals surface area contributed by atoms with E-state index in [2.05, 4.69) is 71.3 Å². The van der Waals surface area contributed by atoms with E-state index in [1.807, 2.05) is 72.8 Å². The molecule has 2 heteroatoms. The van der Waals surface area contributed by atoms with Gasteiger partial charge in [-0.15, -0.1) is 0 Å². The zero-order valence-corrected chi connectivity index (χ0v) is 26.8. The van der Waals surface area contributed by atoms with E-state index >= 15 is 0 Å². The standard InChI is InChI=1S/C48H32N2/c1-4-14-33(15-5-1)35-18-12-21-39(30-35)50-46-29-27-37(32-43(46)48-40(23-13-25-47(48)50)34-16-6-2-7-17-34)36-26-28-45-42(31-36)41-22-10-11-24-44(41)49(45)38-19-8-3-9-20-38/h1-32H/i10D,11D,22D,24D,26D,28D,31D. The maximum atomic E-state index is 9.78. The van der Waals surface area contributed by atoms with Crippen LogP contribution < -0.4 is 0 Å². The van der Waals surface area contributed by atoms with Gasteiger partial charge in [-0.1, -0.05) is 133 Å². The van der Waals surface area contributed by atoms with Crippen LogP contribution >= 0.6 is 0 Å². The summed E-state index contributed by atoms with van der Waals surface area (Å²) in [5, 5.41) is 2.28. The van der Waals surface area contributed by atoms with E-state index in [1.54, 1.807) is 16.7 Å². The van der Waals surface area contributed by atoms with E-state index in [0.29, 0.717) is 11.3 Å². The molecule has 0 saturated carbocycles. The molecule has 0 radical (unpaired) electrons. The van der Waals surface area contributed by atoms with Crippen molar-refractivity contribution in [1.29, 1.82) is 0 Å². The van der Waals surface area contributed by atoms with E-state index in [1.165, 1.54) is 0 Å². The van der Waals surface area contributed by atoms with Gasteiger partial charge in [0.15, 0.2) is 0 Å². The summed E-state index contributed by atoms with van der Waals surface area (Å²) in [5.41, 5.74) is 8.90. The number of rotatable bonds is 5. The molecule has 0 aliphatic heterocycles. The molecule has 2 heterocycles. The van der Waals surface area contributed by atoms with Gasteiger partial charge in [0.1, 0.15) is 0 Å². The van der Waals surface area contributed by atoms with Crippen molar-refractivity contribution in [3.8, 4) is 44.8 Å². The van der Waals surface area contributed by atoms with Gasteiger partial charge in [0.05, 0.1) is 31.7 Å². The summed E-state index contributed by atoms with van der Waals surface area (Å²) < 4.78 is 67.7. The summed E-state index contributed by atoms with van der Waals surface area (Å²) in [6.45, 7) is 0. The largest absolute Gasteiger partial charge is 0.309 e. The minimum atomic E-state index is -0.416. The number of fused-ring (bicyclic) bond motifs is 6. The third-order valence-corrected chi connectivity index (χ3v) is 9.55. The Morgan fingerprint density at radius 3 is 1.82 bits per heavy atom. The summed E-state index contributed by atoms with van der Waals surface area (Å²) in [6.07, 6.45) is 0. The Morgan fingerprint density at radius 2 is 1.00 bits per heavy atom. The number of hydrogen-bond donors (Lipinski definition) is 0. The molecule has 0 fully saturated rings. The van der Waals surface area contributed by atoms with Crippen LogP contribution in [0, 0.1) is 0 Å². The third kappa shape index (κ3) is 4.50. The molecule has 0 atom stereocenters. The fraction of sp³-hybridized carbons (Fsp3) is 0. The Balaban J connectivity index is 1.30. The lowest BCUT2D eigenvalue weighted by atomic mass is 9.97. The van der Waals surface area contributed by atoms with Gasteiger partial charge in [-0.05, 0) is 94.0 Å². The second kappa shape index (κ2) is 11.5. The van der Waals surface area contributed by atoms with Crippen molar-refractivity contribution in [1.82, 2.24) is 9.13 Å². The monoisotopic (exact) mass is 643 g/mol. The highest BCUT2D eigenvalue weighted by Gasteiger charge is 2.18. The predicted molar refractivity (Wildman–Crippen MR) is 211 cm³/mol. The van der Waals surface area contributed by atoms with Crippen molar-refractivity contribution in [2.75, 3.05) is 0 Å². The van der Waals surface area contributed by atoms with Gasteiger partial charge in [0.2, 0.25) is 0 Å². The summed E-state index contributed by atoms with van der Waals surface area (Å²) in [5.74, 6) is 0. The lowest BCUT2D eigenvalue weighted by molar-refractivity contribution is 1.18. The van der Waals surface area contributed by atoms with Crippen LogP contribution in [0.25, 0.3) is 88.4 Å². The van der Waals surface area contributed by atoms with E-state index in [0.717, 1.165) is 49.7 Å². The Bertz CT molecular complexity index is 3240. The normalized spacial score (nSPS) is 13.6. The first-order chi connectivity index (χ1) is 27.7. The predicted octanol–water partition coefficient (Wildman–Crippen LogP) is 12.9. The zero-order chi connectivity index (χ0) is 39.1. The fourth-order valence-corrected chi connectivity index (χ4v) is 7.31. The van der Waals surface area contributed by atoms with Gasteiger partial charge >= 0.3 is 0 Å². The van der Waals surface area contributed by atoms with Crippen LogP contribution in [0.3, 0.4) is 0 Å². The molecule has 8 aromatic carbocycles. The first-order valence-corrected chi connectivity index (χ1v) is 16.6. The second-order valence-corrected chi connectivity index (χ2v) is 12.4. The van der Waals surface area contributed by atoms with Crippen LogP contribution in [0.2, 0.25) is 0 Å². The van der Waals surface area contributed by atoms with Gasteiger partial charge < -0.3 is 9.13 Å². The number of nitrogens with zero attached hydrogens (tertiary/aromatic N) is 2. The molecule has 0 unspecified atom stereocenters. The van der Waals surface area contributed by atoms with Crippen molar-refractivity contribution in [2.24, 2.45) is 0 Å². The minimum Gasteiger partial charge on any atom is -0.309 e. The molecule has 10 rings (SSSR count). The molecule has 50 heavy (non-hydrogen) atoms. The number of para-hydroxylation sites is 2. The maximum Gasteiger partial charge on any atom is 0.0645 e. The lowest BCUT2D eigenvalue weighted by Crippen LogP contribution is -1.94. The zero-order valence-electron chi connectivity index (χ0n) is 33.8. The quantitative estimate of drug-likeness (QED) is 0.177. The van der Waals surface area contributed by atoms with E-state index < -0.39 is 12.1 Å². The number of hydrogen-bond acceptors (Lipinski definition) is 0. The highest BCUT2D eigenvalue weighted by atomic mass is 15.0. The summed E-state index contributed by atoms with van der Waals surface area (Å²) in [7, 11) is 0. The molecule has 0 aliphatic rings. The van der Waals surface area contributed by atoms with Crippen LogP contribution in [-0.4, -0.2) is 9.13 Å². The second-order valence-electron chi connectivity index (χ2n) is 12.4. The van der Waals surface area contributed by atoms with E-state index in [4.69, 9.17) is 5.48 Å². The molecule has 2 aromatic heterocycles. The van der Waals surface area contributed by atoms with Crippen molar-refractivity contribution in [3.05, 3.63) is 194 Å². The Hall–Kier alpha value is -6.64. The van der Waals surface area contributed by atoms with Crippen molar-refractivity contribution < 1.29 is 9.60 Å². The molecule has 10 aromatic rings. The van der Waals surface area contributed by atoms with Gasteiger partial charge in [-0.25, -0.2) is 0 Å². The van der Waals surface area contributed by atoms with Crippen molar-refractivity contribution >= 4 is 43.6 Å². The van der Waals surface area contributed by atoms with Crippen LogP contribution in [0.1, 0.15) is 9.60 Å². The molecular formula is C48H32N2. The molecule has 0 bridgehead atoms. The van der Waals surface area contributed by atoms with E-state index in [9.17, 15) is 4.11 Å². The minimum absolute atomic E-state index is 0.0716. The molecule has 234 valence electrons. The van der Waals surface area contributed by atoms with Gasteiger partial charge in [-0.3, -0.25) is 0 Å². The first kappa shape index (κ1) is 22.1. The van der Waals surface area contributed by atoms with Crippen molar-refractivity contribution in [2.45, 2.75) is 0 Å². The van der Waals surface area contributed by atoms with Crippen molar-refractivity contribution in [3.63, 3.8) is 0 Å². The van der Waals surface area contributed by atoms with Crippen LogP contribution in [0.4, 0.5) is 0 Å². The average Bonchev–Trinajstić information content (AvgIpc) is 3.79. The van der Waals surface area contributed by atoms with Gasteiger partial charge in [0.25, 0.3) is 0 Å². The molecule has 0 N–H and O–H groups in total. The Labute approximate surface area is 300 Å². The van der Waals surface area contributed by atoms with Crippen LogP contribution in [0.15, 0.2) is 194 Å².